The molecule has 1 aliphatic heterocycles. The Morgan fingerprint density at radius 2 is 2.29 bits per heavy atom. The Kier molecular flexibility index (Phi) is 4.02. The molecular weight excluding hydrogens is 266 g/mol. The molecule has 2 fully saturated rings. The van der Waals surface area contributed by atoms with E-state index in [4.69, 9.17) is 0 Å². The van der Waals surface area contributed by atoms with E-state index >= 15 is 0 Å². The van der Waals surface area contributed by atoms with Gasteiger partial charge in [0.2, 0.25) is 0 Å². The van der Waals surface area contributed by atoms with Crippen molar-refractivity contribution in [2.45, 2.75) is 57.6 Å². The number of hydrogen-bond acceptors (Lipinski definition) is 4. The van der Waals surface area contributed by atoms with Crippen LogP contribution in [0.3, 0.4) is 0 Å². The summed E-state index contributed by atoms with van der Waals surface area (Å²) < 4.78 is 1.74. The Morgan fingerprint density at radius 3 is 3.10 bits per heavy atom. The highest BCUT2D eigenvalue weighted by Crippen LogP contribution is 2.40. The van der Waals surface area contributed by atoms with E-state index in [-0.39, 0.29) is 11.5 Å². The number of aryl methyl sites for hydroxylation is 1. The van der Waals surface area contributed by atoms with Crippen LogP contribution in [0.5, 0.6) is 0 Å². The zero-order valence-electron chi connectivity index (χ0n) is 12.8. The van der Waals surface area contributed by atoms with Crippen molar-refractivity contribution < 1.29 is 5.11 Å². The van der Waals surface area contributed by atoms with Crippen molar-refractivity contribution in [2.24, 2.45) is 5.92 Å². The molecule has 0 radical (unpaired) electrons. The highest BCUT2D eigenvalue weighted by molar-refractivity contribution is 5.37. The Balaban J connectivity index is 1.82. The lowest BCUT2D eigenvalue weighted by atomic mass is 9.71. The van der Waals surface area contributed by atoms with E-state index in [1.165, 1.54) is 6.42 Å². The molecule has 2 unspecified atom stereocenters. The van der Waals surface area contributed by atoms with Gasteiger partial charge in [0, 0.05) is 37.9 Å². The normalized spacial score (nSPS) is 29.2. The molecule has 21 heavy (non-hydrogen) atoms. The van der Waals surface area contributed by atoms with Crippen molar-refractivity contribution >= 4 is 5.82 Å². The van der Waals surface area contributed by atoms with E-state index < -0.39 is 5.60 Å². The fourth-order valence-electron chi connectivity index (χ4n) is 3.83. The quantitative estimate of drug-likeness (QED) is 0.922. The second kappa shape index (κ2) is 5.79. The summed E-state index contributed by atoms with van der Waals surface area (Å²) in [5.41, 5.74) is -0.507. The Morgan fingerprint density at radius 1 is 1.43 bits per heavy atom. The van der Waals surface area contributed by atoms with Crippen LogP contribution in [0.1, 0.15) is 45.4 Å². The van der Waals surface area contributed by atoms with E-state index in [1.807, 2.05) is 0 Å². The first kappa shape index (κ1) is 14.6. The van der Waals surface area contributed by atoms with Crippen LogP contribution in [0.15, 0.2) is 17.2 Å². The highest BCUT2D eigenvalue weighted by atomic mass is 16.3. The van der Waals surface area contributed by atoms with Gasteiger partial charge in [-0.15, -0.1) is 0 Å². The third-order valence-corrected chi connectivity index (χ3v) is 5.09. The maximum atomic E-state index is 12.5. The minimum absolute atomic E-state index is 0.000555. The molecule has 1 aromatic heterocycles. The lowest BCUT2D eigenvalue weighted by Crippen LogP contribution is -2.54. The third kappa shape index (κ3) is 2.71. The summed E-state index contributed by atoms with van der Waals surface area (Å²) in [4.78, 5) is 18.9. The maximum Gasteiger partial charge on any atom is 0.293 e. The van der Waals surface area contributed by atoms with Crippen LogP contribution >= 0.6 is 0 Å². The molecule has 1 saturated heterocycles. The van der Waals surface area contributed by atoms with E-state index in [2.05, 4.69) is 16.8 Å². The average molecular weight is 291 g/mol. The van der Waals surface area contributed by atoms with Gasteiger partial charge in [0.15, 0.2) is 5.82 Å². The van der Waals surface area contributed by atoms with Crippen molar-refractivity contribution in [1.82, 2.24) is 9.55 Å². The zero-order valence-corrected chi connectivity index (χ0v) is 12.8. The standard InChI is InChI=1S/C16H25N3O2/c1-2-9-18-11-8-17-14(15(18)20)19-10-7-16(21)6-4-3-5-13(16)12-19/h8,11,13,21H,2-7,9-10,12H2,1H3. The molecule has 2 atom stereocenters. The van der Waals surface area contributed by atoms with Crippen molar-refractivity contribution in [3.8, 4) is 0 Å². The molecule has 1 aromatic rings. The lowest BCUT2D eigenvalue weighted by molar-refractivity contribution is -0.0614. The molecule has 1 N–H and O–H groups in total. The van der Waals surface area contributed by atoms with Gasteiger partial charge in [-0.1, -0.05) is 19.8 Å². The van der Waals surface area contributed by atoms with Gasteiger partial charge in [0.1, 0.15) is 0 Å². The number of anilines is 1. The molecule has 1 aliphatic carbocycles. The molecule has 0 aromatic carbocycles. The predicted molar refractivity (Wildman–Crippen MR) is 82.5 cm³/mol. The van der Waals surface area contributed by atoms with Crippen LogP contribution in [0.4, 0.5) is 5.82 Å². The van der Waals surface area contributed by atoms with Gasteiger partial charge in [-0.2, -0.15) is 0 Å². The van der Waals surface area contributed by atoms with Crippen LogP contribution in [-0.2, 0) is 6.54 Å². The fourth-order valence-corrected chi connectivity index (χ4v) is 3.83. The minimum Gasteiger partial charge on any atom is -0.389 e. The van der Waals surface area contributed by atoms with E-state index in [1.54, 1.807) is 17.0 Å². The van der Waals surface area contributed by atoms with Crippen LogP contribution in [-0.4, -0.2) is 33.3 Å². The summed E-state index contributed by atoms with van der Waals surface area (Å²) in [5, 5.41) is 10.7. The van der Waals surface area contributed by atoms with Gasteiger partial charge < -0.3 is 14.6 Å². The Bertz CT molecular complexity index is 557. The molecule has 0 amide bonds. The van der Waals surface area contributed by atoms with Gasteiger partial charge in [-0.05, 0) is 25.7 Å². The van der Waals surface area contributed by atoms with E-state index in [0.717, 1.165) is 51.7 Å². The van der Waals surface area contributed by atoms with Gasteiger partial charge in [-0.25, -0.2) is 4.98 Å². The second-order valence-corrected chi connectivity index (χ2v) is 6.49. The summed E-state index contributed by atoms with van der Waals surface area (Å²) >= 11 is 0. The largest absolute Gasteiger partial charge is 0.389 e. The molecule has 2 aliphatic rings. The number of rotatable bonds is 3. The Labute approximate surface area is 125 Å². The average Bonchev–Trinajstić information content (AvgIpc) is 2.49. The highest BCUT2D eigenvalue weighted by Gasteiger charge is 2.43. The Hall–Kier alpha value is -1.36. The summed E-state index contributed by atoms with van der Waals surface area (Å²) in [7, 11) is 0. The summed E-state index contributed by atoms with van der Waals surface area (Å²) in [6.07, 6.45) is 9.44. The maximum absolute atomic E-state index is 12.5. The molecule has 116 valence electrons. The smallest absolute Gasteiger partial charge is 0.293 e. The second-order valence-electron chi connectivity index (χ2n) is 6.49. The first-order valence-electron chi connectivity index (χ1n) is 8.17. The monoisotopic (exact) mass is 291 g/mol. The summed E-state index contributed by atoms with van der Waals surface area (Å²) in [5.74, 6) is 0.833. The summed E-state index contributed by atoms with van der Waals surface area (Å²) in [6.45, 7) is 4.28. The molecule has 0 spiro atoms. The molecule has 1 saturated carbocycles. The number of aromatic nitrogens is 2. The minimum atomic E-state index is -0.508. The lowest BCUT2D eigenvalue weighted by Gasteiger charge is -2.47. The van der Waals surface area contributed by atoms with Crippen LogP contribution < -0.4 is 10.5 Å². The van der Waals surface area contributed by atoms with Crippen molar-refractivity contribution in [1.29, 1.82) is 0 Å². The zero-order chi connectivity index (χ0) is 14.9. The van der Waals surface area contributed by atoms with E-state index in [9.17, 15) is 9.90 Å². The number of nitrogens with zero attached hydrogens (tertiary/aromatic N) is 3. The van der Waals surface area contributed by atoms with Gasteiger partial charge >= 0.3 is 0 Å². The van der Waals surface area contributed by atoms with Crippen LogP contribution in [0, 0.1) is 5.92 Å². The number of piperidine rings is 1. The van der Waals surface area contributed by atoms with Crippen LogP contribution in [0.25, 0.3) is 0 Å². The predicted octanol–water partition coefficient (Wildman–Crippen LogP) is 1.78. The number of aliphatic hydroxyl groups is 1. The van der Waals surface area contributed by atoms with Gasteiger partial charge in [-0.3, -0.25) is 4.79 Å². The van der Waals surface area contributed by atoms with E-state index in [0.29, 0.717) is 5.82 Å². The first-order chi connectivity index (χ1) is 10.1. The van der Waals surface area contributed by atoms with Crippen LogP contribution in [0.2, 0.25) is 0 Å². The molecule has 5 nitrogen and oxygen atoms in total. The molecule has 0 bridgehead atoms. The van der Waals surface area contributed by atoms with Gasteiger partial charge in [0.25, 0.3) is 5.56 Å². The molecular formula is C16H25N3O2. The van der Waals surface area contributed by atoms with Crippen molar-refractivity contribution in [3.63, 3.8) is 0 Å². The summed E-state index contributed by atoms with van der Waals surface area (Å²) in [6, 6.07) is 0. The molecule has 3 rings (SSSR count). The third-order valence-electron chi connectivity index (χ3n) is 5.09. The fraction of sp³-hybridized carbons (Fsp3) is 0.750. The van der Waals surface area contributed by atoms with Crippen molar-refractivity contribution in [3.05, 3.63) is 22.7 Å². The first-order valence-corrected chi connectivity index (χ1v) is 8.17. The molecule has 2 heterocycles. The topological polar surface area (TPSA) is 58.4 Å². The number of hydrogen-bond donors (Lipinski definition) is 1. The number of fused-ring (bicyclic) bond motifs is 1. The molecule has 5 heteroatoms. The van der Waals surface area contributed by atoms with Crippen molar-refractivity contribution in [2.75, 3.05) is 18.0 Å². The SMILES string of the molecule is CCCn1ccnc(N2CCC3(O)CCCCC3C2)c1=O. The van der Waals surface area contributed by atoms with Gasteiger partial charge in [0.05, 0.1) is 5.60 Å².